The van der Waals surface area contributed by atoms with E-state index in [0.717, 1.165) is 0 Å². The van der Waals surface area contributed by atoms with Gasteiger partial charge in [-0.2, -0.15) is 0 Å². The first-order chi connectivity index (χ1) is 15.0. The minimum absolute atomic E-state index is 0.0314. The van der Waals surface area contributed by atoms with E-state index in [2.05, 4.69) is 21.3 Å². The molecule has 0 aliphatic carbocycles. The molecule has 0 aromatic heterocycles. The highest BCUT2D eigenvalue weighted by Gasteiger charge is 2.08. The molecule has 0 saturated carbocycles. The molecule has 3 amide bonds. The van der Waals surface area contributed by atoms with E-state index in [-0.39, 0.29) is 24.3 Å². The van der Waals surface area contributed by atoms with Crippen LogP contribution in [0.25, 0.3) is 0 Å². The molecule has 2 aromatic carbocycles. The van der Waals surface area contributed by atoms with Gasteiger partial charge in [0.15, 0.2) is 0 Å². The van der Waals surface area contributed by atoms with E-state index in [4.69, 9.17) is 9.47 Å². The maximum atomic E-state index is 12.2. The van der Waals surface area contributed by atoms with Gasteiger partial charge >= 0.3 is 0 Å². The van der Waals surface area contributed by atoms with E-state index < -0.39 is 0 Å². The molecule has 0 aliphatic rings. The Labute approximate surface area is 181 Å². The second kappa shape index (κ2) is 13.0. The van der Waals surface area contributed by atoms with Crippen LogP contribution in [0.5, 0.6) is 0 Å². The molecule has 4 N–H and O–H groups in total. The first kappa shape index (κ1) is 23.8. The number of hydrogen-bond donors (Lipinski definition) is 4. The van der Waals surface area contributed by atoms with Gasteiger partial charge in [0.2, 0.25) is 5.91 Å². The van der Waals surface area contributed by atoms with Crippen LogP contribution in [0.2, 0.25) is 0 Å². The summed E-state index contributed by atoms with van der Waals surface area (Å²) in [5.74, 6) is -0.691. The van der Waals surface area contributed by atoms with Gasteiger partial charge in [0, 0.05) is 49.8 Å². The van der Waals surface area contributed by atoms with Crippen LogP contribution >= 0.6 is 0 Å². The summed E-state index contributed by atoms with van der Waals surface area (Å²) in [4.78, 5) is 36.3. The van der Waals surface area contributed by atoms with Crippen LogP contribution in [-0.2, 0) is 14.3 Å². The topological polar surface area (TPSA) is 118 Å². The lowest BCUT2D eigenvalue weighted by molar-refractivity contribution is -0.114. The number of anilines is 2. The molecule has 0 spiro atoms. The quantitative estimate of drug-likeness (QED) is 0.381. The van der Waals surface area contributed by atoms with Crippen molar-refractivity contribution in [1.82, 2.24) is 10.6 Å². The zero-order chi connectivity index (χ0) is 22.5. The Kier molecular flexibility index (Phi) is 9.99. The van der Waals surface area contributed by atoms with Crippen molar-refractivity contribution in [1.29, 1.82) is 0 Å². The standard InChI is InChI=1S/C22H28N4O5/c1-30-12-10-23-21(28)16-6-8-18(9-7-16)25-15-20(27)26-19-5-3-4-17(14-19)22(29)24-11-13-31-2/h3-9,14,25H,10-13,15H2,1-2H3,(H,23,28)(H,24,29)(H,26,27). The van der Waals surface area contributed by atoms with Crippen molar-refractivity contribution < 1.29 is 23.9 Å². The van der Waals surface area contributed by atoms with E-state index in [1.807, 2.05) is 0 Å². The van der Waals surface area contributed by atoms with Gasteiger partial charge in [0.25, 0.3) is 11.8 Å². The fraction of sp³-hybridized carbons (Fsp3) is 0.318. The third-order valence-electron chi connectivity index (χ3n) is 4.19. The summed E-state index contributed by atoms with van der Waals surface area (Å²) in [6.07, 6.45) is 0. The van der Waals surface area contributed by atoms with E-state index in [9.17, 15) is 14.4 Å². The SMILES string of the molecule is COCCNC(=O)c1ccc(NCC(=O)Nc2cccc(C(=O)NCCOC)c2)cc1. The van der Waals surface area contributed by atoms with Crippen molar-refractivity contribution in [2.24, 2.45) is 0 Å². The van der Waals surface area contributed by atoms with Gasteiger partial charge in [-0.25, -0.2) is 0 Å². The first-order valence-electron chi connectivity index (χ1n) is 9.81. The fourth-order valence-electron chi connectivity index (χ4n) is 2.60. The summed E-state index contributed by atoms with van der Waals surface area (Å²) in [5.41, 5.74) is 2.19. The van der Waals surface area contributed by atoms with E-state index in [1.54, 1.807) is 62.8 Å². The molecular formula is C22H28N4O5. The number of rotatable bonds is 12. The number of carbonyl (C=O) groups excluding carboxylic acids is 3. The minimum Gasteiger partial charge on any atom is -0.383 e. The summed E-state index contributed by atoms with van der Waals surface area (Å²) < 4.78 is 9.80. The minimum atomic E-state index is -0.265. The highest BCUT2D eigenvalue weighted by molar-refractivity contribution is 5.98. The molecule has 31 heavy (non-hydrogen) atoms. The van der Waals surface area contributed by atoms with Gasteiger partial charge in [-0.1, -0.05) is 6.07 Å². The Morgan fingerprint density at radius 1 is 0.774 bits per heavy atom. The van der Waals surface area contributed by atoms with Gasteiger partial charge in [-0.15, -0.1) is 0 Å². The molecule has 9 nitrogen and oxygen atoms in total. The summed E-state index contributed by atoms with van der Waals surface area (Å²) >= 11 is 0. The van der Waals surface area contributed by atoms with Crippen LogP contribution in [0.1, 0.15) is 20.7 Å². The average Bonchev–Trinajstić information content (AvgIpc) is 2.78. The monoisotopic (exact) mass is 428 g/mol. The molecule has 0 radical (unpaired) electrons. The molecule has 0 unspecified atom stereocenters. The predicted octanol–water partition coefficient (Wildman–Crippen LogP) is 1.49. The Hall–Kier alpha value is -3.43. The number of carbonyl (C=O) groups is 3. The largest absolute Gasteiger partial charge is 0.383 e. The summed E-state index contributed by atoms with van der Waals surface area (Å²) in [5, 5.41) is 11.2. The molecule has 0 aliphatic heterocycles. The Bertz CT molecular complexity index is 870. The summed E-state index contributed by atoms with van der Waals surface area (Å²) in [6.45, 7) is 1.74. The van der Waals surface area contributed by atoms with Crippen molar-refractivity contribution in [2.45, 2.75) is 0 Å². The van der Waals surface area contributed by atoms with E-state index >= 15 is 0 Å². The Morgan fingerprint density at radius 2 is 1.39 bits per heavy atom. The van der Waals surface area contributed by atoms with Gasteiger partial charge in [0.1, 0.15) is 0 Å². The molecule has 0 saturated heterocycles. The molecular weight excluding hydrogens is 400 g/mol. The highest BCUT2D eigenvalue weighted by Crippen LogP contribution is 2.12. The third-order valence-corrected chi connectivity index (χ3v) is 4.19. The van der Waals surface area contributed by atoms with Crippen molar-refractivity contribution in [3.8, 4) is 0 Å². The maximum absolute atomic E-state index is 12.2. The number of methoxy groups -OCH3 is 2. The van der Waals surface area contributed by atoms with E-state index in [0.29, 0.717) is 48.8 Å². The number of ether oxygens (including phenoxy) is 2. The molecule has 0 fully saturated rings. The number of hydrogen-bond acceptors (Lipinski definition) is 6. The van der Waals surface area contributed by atoms with Crippen LogP contribution in [0.4, 0.5) is 11.4 Å². The molecule has 0 heterocycles. The molecule has 2 aromatic rings. The predicted molar refractivity (Wildman–Crippen MR) is 118 cm³/mol. The van der Waals surface area contributed by atoms with Crippen LogP contribution < -0.4 is 21.3 Å². The van der Waals surface area contributed by atoms with Crippen molar-refractivity contribution in [3.05, 3.63) is 59.7 Å². The van der Waals surface area contributed by atoms with Crippen molar-refractivity contribution in [2.75, 3.05) is 57.7 Å². The maximum Gasteiger partial charge on any atom is 0.251 e. The fourth-order valence-corrected chi connectivity index (χ4v) is 2.60. The van der Waals surface area contributed by atoms with Gasteiger partial charge in [-0.3, -0.25) is 14.4 Å². The lowest BCUT2D eigenvalue weighted by Crippen LogP contribution is -2.27. The number of nitrogens with one attached hydrogen (secondary N) is 4. The zero-order valence-electron chi connectivity index (χ0n) is 17.7. The molecule has 0 bridgehead atoms. The second-order valence-corrected chi connectivity index (χ2v) is 6.56. The van der Waals surface area contributed by atoms with Gasteiger partial charge < -0.3 is 30.7 Å². The Morgan fingerprint density at radius 3 is 2.00 bits per heavy atom. The lowest BCUT2D eigenvalue weighted by atomic mass is 10.2. The lowest BCUT2D eigenvalue weighted by Gasteiger charge is -2.10. The van der Waals surface area contributed by atoms with Gasteiger partial charge in [-0.05, 0) is 42.5 Å². The summed E-state index contributed by atoms with van der Waals surface area (Å²) in [6, 6.07) is 13.5. The van der Waals surface area contributed by atoms with Crippen molar-refractivity contribution in [3.63, 3.8) is 0 Å². The third kappa shape index (κ3) is 8.45. The highest BCUT2D eigenvalue weighted by atomic mass is 16.5. The molecule has 0 atom stereocenters. The Balaban J connectivity index is 1.82. The average molecular weight is 428 g/mol. The molecule has 9 heteroatoms. The first-order valence-corrected chi connectivity index (χ1v) is 9.81. The molecule has 166 valence electrons. The van der Waals surface area contributed by atoms with Crippen molar-refractivity contribution >= 4 is 29.1 Å². The summed E-state index contributed by atoms with van der Waals surface area (Å²) in [7, 11) is 3.13. The van der Waals surface area contributed by atoms with Crippen LogP contribution in [0.3, 0.4) is 0 Å². The molecule has 2 rings (SSSR count). The van der Waals surface area contributed by atoms with Gasteiger partial charge in [0.05, 0.1) is 19.8 Å². The zero-order valence-corrected chi connectivity index (χ0v) is 17.7. The second-order valence-electron chi connectivity index (χ2n) is 6.56. The van der Waals surface area contributed by atoms with Crippen LogP contribution in [-0.4, -0.2) is 64.8 Å². The van der Waals surface area contributed by atoms with E-state index in [1.165, 1.54) is 0 Å². The van der Waals surface area contributed by atoms with Crippen LogP contribution in [0.15, 0.2) is 48.5 Å². The number of amides is 3. The smallest absolute Gasteiger partial charge is 0.251 e. The normalized spacial score (nSPS) is 10.3. The van der Waals surface area contributed by atoms with Crippen LogP contribution in [0, 0.1) is 0 Å². The number of benzene rings is 2.